The van der Waals surface area contributed by atoms with Crippen LogP contribution in [0, 0.1) is 0 Å². The number of hydrogen-bond donors (Lipinski definition) is 1. The Morgan fingerprint density at radius 1 is 1.23 bits per heavy atom. The zero-order valence-corrected chi connectivity index (χ0v) is 16.0. The van der Waals surface area contributed by atoms with Crippen LogP contribution in [0.3, 0.4) is 0 Å². The molecule has 1 fully saturated rings. The molecule has 2 aromatic carbocycles. The summed E-state index contributed by atoms with van der Waals surface area (Å²) in [7, 11) is 0. The third kappa shape index (κ3) is 5.40. The van der Waals surface area contributed by atoms with Crippen LogP contribution >= 0.6 is 23.4 Å². The number of carboxylic acid groups (broad SMARTS) is 1. The van der Waals surface area contributed by atoms with E-state index in [1.807, 2.05) is 48.2 Å². The number of carboxylic acids is 1. The lowest BCUT2D eigenvalue weighted by Gasteiger charge is -2.32. The Morgan fingerprint density at radius 2 is 2.00 bits per heavy atom. The first-order valence-corrected chi connectivity index (χ1v) is 10.1. The van der Waals surface area contributed by atoms with Gasteiger partial charge in [0.1, 0.15) is 12.4 Å². The molecule has 1 aliphatic rings. The van der Waals surface area contributed by atoms with E-state index in [9.17, 15) is 4.79 Å². The molecular weight excluding hydrogens is 370 g/mol. The summed E-state index contributed by atoms with van der Waals surface area (Å²) in [6.07, 6.45) is 0.201. The molecule has 26 heavy (non-hydrogen) atoms. The van der Waals surface area contributed by atoms with E-state index >= 15 is 0 Å². The van der Waals surface area contributed by atoms with Crippen molar-refractivity contribution in [1.82, 2.24) is 4.90 Å². The molecule has 1 heterocycles. The first-order valence-electron chi connectivity index (χ1n) is 8.64. The van der Waals surface area contributed by atoms with Crippen molar-refractivity contribution in [3.63, 3.8) is 0 Å². The Kier molecular flexibility index (Phi) is 6.83. The topological polar surface area (TPSA) is 49.8 Å². The molecular formula is C20H22ClNO3S. The number of halogens is 1. The Labute approximate surface area is 163 Å². The quantitative estimate of drug-likeness (QED) is 0.753. The van der Waals surface area contributed by atoms with E-state index in [2.05, 4.69) is 17.0 Å². The minimum Gasteiger partial charge on any atom is -0.489 e. The lowest BCUT2D eigenvalue weighted by atomic mass is 10.1. The van der Waals surface area contributed by atoms with Gasteiger partial charge >= 0.3 is 5.97 Å². The number of benzene rings is 2. The highest BCUT2D eigenvalue weighted by atomic mass is 35.5. The van der Waals surface area contributed by atoms with Crippen LogP contribution in [-0.2, 0) is 11.4 Å². The summed E-state index contributed by atoms with van der Waals surface area (Å²) in [5.74, 6) is 1.10. The Balaban J connectivity index is 1.55. The standard InChI is InChI=1S/C20H22ClNO3S/c21-18-4-2-1-3-16(18)14-25-17-7-5-15(6-8-17)19-13-22(11-12-26-19)10-9-20(23)24/h1-8,19H,9-14H2,(H,23,24)/t19-/m1/s1. The minimum absolute atomic E-state index is 0.201. The zero-order valence-electron chi connectivity index (χ0n) is 14.4. The van der Waals surface area contributed by atoms with Gasteiger partial charge in [0, 0.05) is 41.2 Å². The molecule has 0 saturated carbocycles. The van der Waals surface area contributed by atoms with Gasteiger partial charge in [-0.2, -0.15) is 11.8 Å². The number of aliphatic carboxylic acids is 1. The average molecular weight is 392 g/mol. The highest BCUT2D eigenvalue weighted by molar-refractivity contribution is 7.99. The smallest absolute Gasteiger partial charge is 0.304 e. The maximum Gasteiger partial charge on any atom is 0.304 e. The SMILES string of the molecule is O=C(O)CCN1CCS[C@@H](c2ccc(OCc3ccccc3Cl)cc2)C1. The molecule has 4 nitrogen and oxygen atoms in total. The second kappa shape index (κ2) is 9.31. The van der Waals surface area contributed by atoms with Gasteiger partial charge in [0.15, 0.2) is 0 Å². The van der Waals surface area contributed by atoms with Crippen molar-refractivity contribution in [1.29, 1.82) is 0 Å². The molecule has 1 aliphatic heterocycles. The van der Waals surface area contributed by atoms with Crippen molar-refractivity contribution in [3.05, 3.63) is 64.7 Å². The fourth-order valence-electron chi connectivity index (χ4n) is 2.92. The van der Waals surface area contributed by atoms with Crippen LogP contribution in [0.4, 0.5) is 0 Å². The van der Waals surface area contributed by atoms with Gasteiger partial charge in [0.2, 0.25) is 0 Å². The maximum absolute atomic E-state index is 10.8. The summed E-state index contributed by atoms with van der Waals surface area (Å²) >= 11 is 8.08. The van der Waals surface area contributed by atoms with Crippen molar-refractivity contribution in [2.45, 2.75) is 18.3 Å². The van der Waals surface area contributed by atoms with Crippen molar-refractivity contribution in [2.75, 3.05) is 25.4 Å². The predicted octanol–water partition coefficient (Wildman–Crippen LogP) is 4.48. The molecule has 0 aliphatic carbocycles. The molecule has 0 unspecified atom stereocenters. The van der Waals surface area contributed by atoms with Crippen molar-refractivity contribution in [3.8, 4) is 5.75 Å². The second-order valence-corrected chi connectivity index (χ2v) is 7.97. The van der Waals surface area contributed by atoms with Crippen LogP contribution in [0.15, 0.2) is 48.5 Å². The molecule has 0 spiro atoms. The maximum atomic E-state index is 10.8. The Morgan fingerprint density at radius 3 is 2.73 bits per heavy atom. The third-order valence-corrected chi connectivity index (χ3v) is 6.01. The molecule has 1 N–H and O–H groups in total. The van der Waals surface area contributed by atoms with Crippen LogP contribution in [0.25, 0.3) is 0 Å². The lowest BCUT2D eigenvalue weighted by molar-refractivity contribution is -0.137. The van der Waals surface area contributed by atoms with Gasteiger partial charge in [-0.25, -0.2) is 0 Å². The molecule has 3 rings (SSSR count). The average Bonchev–Trinajstić information content (AvgIpc) is 2.66. The number of hydrogen-bond acceptors (Lipinski definition) is 4. The largest absolute Gasteiger partial charge is 0.489 e. The summed E-state index contributed by atoms with van der Waals surface area (Å²) in [5.41, 5.74) is 2.22. The Hall–Kier alpha value is -1.69. The van der Waals surface area contributed by atoms with Gasteiger partial charge in [0.05, 0.1) is 6.42 Å². The summed E-state index contributed by atoms with van der Waals surface area (Å²) in [4.78, 5) is 13.0. The molecule has 138 valence electrons. The molecule has 2 aromatic rings. The number of rotatable bonds is 7. The van der Waals surface area contributed by atoms with E-state index in [1.54, 1.807) is 0 Å². The number of carbonyl (C=O) groups is 1. The van der Waals surface area contributed by atoms with Crippen LogP contribution < -0.4 is 4.74 Å². The normalized spacial score (nSPS) is 17.8. The van der Waals surface area contributed by atoms with Crippen molar-refractivity contribution < 1.29 is 14.6 Å². The Bertz CT molecular complexity index is 738. The number of nitrogens with zero attached hydrogens (tertiary/aromatic N) is 1. The van der Waals surface area contributed by atoms with Gasteiger partial charge in [-0.3, -0.25) is 4.79 Å². The van der Waals surface area contributed by atoms with E-state index in [0.717, 1.165) is 30.2 Å². The molecule has 1 saturated heterocycles. The summed E-state index contributed by atoms with van der Waals surface area (Å²) in [5, 5.41) is 9.94. The van der Waals surface area contributed by atoms with Gasteiger partial charge < -0.3 is 14.7 Å². The highest BCUT2D eigenvalue weighted by Crippen LogP contribution is 2.34. The summed E-state index contributed by atoms with van der Waals surface area (Å²) < 4.78 is 5.83. The van der Waals surface area contributed by atoms with Gasteiger partial charge in [-0.1, -0.05) is 41.9 Å². The van der Waals surface area contributed by atoms with E-state index in [4.69, 9.17) is 21.4 Å². The molecule has 6 heteroatoms. The number of ether oxygens (including phenoxy) is 1. The van der Waals surface area contributed by atoms with Crippen LogP contribution in [0.5, 0.6) is 5.75 Å². The van der Waals surface area contributed by atoms with Gasteiger partial charge in [0.25, 0.3) is 0 Å². The van der Waals surface area contributed by atoms with Crippen LogP contribution in [0.2, 0.25) is 5.02 Å². The highest BCUT2D eigenvalue weighted by Gasteiger charge is 2.22. The number of thioether (sulfide) groups is 1. The molecule has 0 amide bonds. The molecule has 1 atom stereocenters. The van der Waals surface area contributed by atoms with E-state index in [1.165, 1.54) is 5.56 Å². The van der Waals surface area contributed by atoms with E-state index < -0.39 is 5.97 Å². The lowest BCUT2D eigenvalue weighted by Crippen LogP contribution is -2.35. The van der Waals surface area contributed by atoms with Crippen molar-refractivity contribution in [2.24, 2.45) is 0 Å². The summed E-state index contributed by atoms with van der Waals surface area (Å²) in [6.45, 7) is 2.90. The molecule has 0 radical (unpaired) electrons. The first kappa shape index (κ1) is 19.1. The molecule has 0 aromatic heterocycles. The monoisotopic (exact) mass is 391 g/mol. The fourth-order valence-corrected chi connectivity index (χ4v) is 4.42. The molecule has 0 bridgehead atoms. The predicted molar refractivity (Wildman–Crippen MR) is 106 cm³/mol. The fraction of sp³-hybridized carbons (Fsp3) is 0.350. The van der Waals surface area contributed by atoms with E-state index in [-0.39, 0.29) is 6.42 Å². The second-order valence-electron chi connectivity index (χ2n) is 6.25. The van der Waals surface area contributed by atoms with Crippen LogP contribution in [-0.4, -0.2) is 41.4 Å². The van der Waals surface area contributed by atoms with Crippen LogP contribution in [0.1, 0.15) is 22.8 Å². The van der Waals surface area contributed by atoms with E-state index in [0.29, 0.717) is 23.4 Å². The minimum atomic E-state index is -0.736. The van der Waals surface area contributed by atoms with Gasteiger partial charge in [-0.05, 0) is 23.8 Å². The van der Waals surface area contributed by atoms with Crippen molar-refractivity contribution >= 4 is 29.3 Å². The third-order valence-electron chi connectivity index (χ3n) is 4.40. The van der Waals surface area contributed by atoms with Gasteiger partial charge in [-0.15, -0.1) is 0 Å². The first-order chi connectivity index (χ1) is 12.6. The summed E-state index contributed by atoms with van der Waals surface area (Å²) in [6, 6.07) is 15.8. The zero-order chi connectivity index (χ0) is 18.4.